The van der Waals surface area contributed by atoms with Crippen molar-refractivity contribution < 1.29 is 4.79 Å². The first kappa shape index (κ1) is 11.6. The van der Waals surface area contributed by atoms with Crippen molar-refractivity contribution in [1.29, 1.82) is 0 Å². The Morgan fingerprint density at radius 2 is 2.20 bits per heavy atom. The second-order valence-electron chi connectivity index (χ2n) is 3.73. The molecule has 0 aromatic rings. The summed E-state index contributed by atoms with van der Waals surface area (Å²) in [5.41, 5.74) is 0. The van der Waals surface area contributed by atoms with Gasteiger partial charge in [0.1, 0.15) is 5.82 Å². The highest BCUT2D eigenvalue weighted by Crippen LogP contribution is 2.19. The number of allylic oxidation sites excluding steroid dienone is 1. The summed E-state index contributed by atoms with van der Waals surface area (Å²) in [6.45, 7) is 10.1. The molecule has 0 aromatic carbocycles. The molecule has 0 aromatic heterocycles. The molecule has 0 saturated carbocycles. The topological polar surface area (TPSA) is 23.6 Å². The summed E-state index contributed by atoms with van der Waals surface area (Å²) in [7, 11) is 0. The van der Waals surface area contributed by atoms with Crippen molar-refractivity contribution in [1.82, 2.24) is 9.80 Å². The fourth-order valence-corrected chi connectivity index (χ4v) is 1.40. The quantitative estimate of drug-likeness (QED) is 0.708. The molecule has 82 valence electrons. The van der Waals surface area contributed by atoms with Gasteiger partial charge in [0.15, 0.2) is 0 Å². The second kappa shape index (κ2) is 4.82. The van der Waals surface area contributed by atoms with Crippen molar-refractivity contribution >= 4 is 5.91 Å². The smallest absolute Gasteiger partial charge is 0.257 e. The van der Waals surface area contributed by atoms with Crippen LogP contribution in [0.3, 0.4) is 0 Å². The maximum atomic E-state index is 11.6. The molecule has 0 N–H and O–H groups in total. The van der Waals surface area contributed by atoms with Crippen LogP contribution in [-0.2, 0) is 4.79 Å². The van der Waals surface area contributed by atoms with Crippen LogP contribution < -0.4 is 0 Å². The van der Waals surface area contributed by atoms with Gasteiger partial charge >= 0.3 is 0 Å². The molecule has 0 radical (unpaired) electrons. The van der Waals surface area contributed by atoms with Crippen LogP contribution >= 0.6 is 0 Å². The normalized spacial score (nSPS) is 17.3. The fraction of sp³-hybridized carbons (Fsp3) is 0.417. The van der Waals surface area contributed by atoms with Crippen molar-refractivity contribution in [3.05, 3.63) is 37.0 Å². The largest absolute Gasteiger partial charge is 0.332 e. The SMILES string of the molecule is C=C1N(/C=C\CC)C(=O)C=CN1C(C)C. The van der Waals surface area contributed by atoms with E-state index in [0.717, 1.165) is 6.42 Å². The standard InChI is InChI=1S/C12H18N2O/c1-5-6-8-14-11(4)13(10(2)3)9-7-12(14)15/h6-10H,4-5H2,1-3H3/b8-6-. The number of hydrogen-bond donors (Lipinski definition) is 0. The zero-order valence-corrected chi connectivity index (χ0v) is 9.60. The van der Waals surface area contributed by atoms with Crippen LogP contribution in [0.25, 0.3) is 0 Å². The molecule has 1 heterocycles. The average molecular weight is 206 g/mol. The first-order chi connectivity index (χ1) is 7.07. The Bertz CT molecular complexity index is 316. The zero-order valence-electron chi connectivity index (χ0n) is 9.60. The minimum absolute atomic E-state index is 0.0402. The Balaban J connectivity index is 2.89. The number of hydrogen-bond acceptors (Lipinski definition) is 2. The molecule has 0 unspecified atom stereocenters. The van der Waals surface area contributed by atoms with Gasteiger partial charge in [-0.15, -0.1) is 0 Å². The Morgan fingerprint density at radius 3 is 2.73 bits per heavy atom. The molecule has 3 heteroatoms. The molecule has 1 rings (SSSR count). The first-order valence-electron chi connectivity index (χ1n) is 5.23. The van der Waals surface area contributed by atoms with Gasteiger partial charge in [-0.1, -0.05) is 19.6 Å². The third-order valence-electron chi connectivity index (χ3n) is 2.24. The fourth-order valence-electron chi connectivity index (χ4n) is 1.40. The minimum Gasteiger partial charge on any atom is -0.332 e. The lowest BCUT2D eigenvalue weighted by molar-refractivity contribution is -0.123. The molecule has 0 atom stereocenters. The molecule has 0 bridgehead atoms. The molecule has 0 fully saturated rings. The summed E-state index contributed by atoms with van der Waals surface area (Å²) < 4.78 is 0. The van der Waals surface area contributed by atoms with Crippen LogP contribution in [0.4, 0.5) is 0 Å². The highest BCUT2D eigenvalue weighted by Gasteiger charge is 2.22. The van der Waals surface area contributed by atoms with Gasteiger partial charge in [-0.25, -0.2) is 0 Å². The summed E-state index contributed by atoms with van der Waals surface area (Å²) in [5, 5.41) is 0. The van der Waals surface area contributed by atoms with E-state index in [1.807, 2.05) is 17.9 Å². The van der Waals surface area contributed by atoms with E-state index in [1.165, 1.54) is 0 Å². The van der Waals surface area contributed by atoms with E-state index >= 15 is 0 Å². The van der Waals surface area contributed by atoms with Crippen LogP contribution in [-0.4, -0.2) is 21.7 Å². The van der Waals surface area contributed by atoms with Crippen LogP contribution in [0, 0.1) is 0 Å². The van der Waals surface area contributed by atoms with Gasteiger partial charge in [-0.3, -0.25) is 9.69 Å². The Labute approximate surface area is 91.4 Å². The molecule has 0 spiro atoms. The molecule has 0 saturated heterocycles. The van der Waals surface area contributed by atoms with E-state index in [0.29, 0.717) is 11.9 Å². The van der Waals surface area contributed by atoms with Gasteiger partial charge in [-0.05, 0) is 20.3 Å². The summed E-state index contributed by atoms with van der Waals surface area (Å²) in [6, 6.07) is 0.305. The van der Waals surface area contributed by atoms with Crippen LogP contribution in [0.1, 0.15) is 27.2 Å². The number of rotatable bonds is 3. The third kappa shape index (κ3) is 2.49. The molecule has 3 nitrogen and oxygen atoms in total. The molecular formula is C12H18N2O. The number of carbonyl (C=O) groups is 1. The van der Waals surface area contributed by atoms with Crippen molar-refractivity contribution in [2.45, 2.75) is 33.2 Å². The lowest BCUT2D eigenvalue weighted by atomic mass is 10.3. The average Bonchev–Trinajstić information content (AvgIpc) is 2.17. The zero-order chi connectivity index (χ0) is 11.4. The van der Waals surface area contributed by atoms with E-state index < -0.39 is 0 Å². The van der Waals surface area contributed by atoms with Gasteiger partial charge in [0.2, 0.25) is 0 Å². The van der Waals surface area contributed by atoms with Gasteiger partial charge in [0.05, 0.1) is 0 Å². The molecular weight excluding hydrogens is 188 g/mol. The summed E-state index contributed by atoms with van der Waals surface area (Å²) in [6.07, 6.45) is 7.98. The van der Waals surface area contributed by atoms with Crippen LogP contribution in [0.2, 0.25) is 0 Å². The lowest BCUT2D eigenvalue weighted by Gasteiger charge is -2.35. The summed E-state index contributed by atoms with van der Waals surface area (Å²) >= 11 is 0. The summed E-state index contributed by atoms with van der Waals surface area (Å²) in [4.78, 5) is 15.1. The Kier molecular flexibility index (Phi) is 3.72. The highest BCUT2D eigenvalue weighted by molar-refractivity contribution is 5.90. The van der Waals surface area contributed by atoms with Crippen molar-refractivity contribution in [3.8, 4) is 0 Å². The van der Waals surface area contributed by atoms with E-state index in [2.05, 4.69) is 20.4 Å². The minimum atomic E-state index is -0.0402. The van der Waals surface area contributed by atoms with Gasteiger partial charge in [0, 0.05) is 24.5 Å². The molecule has 15 heavy (non-hydrogen) atoms. The first-order valence-corrected chi connectivity index (χ1v) is 5.23. The van der Waals surface area contributed by atoms with E-state index in [4.69, 9.17) is 0 Å². The number of carbonyl (C=O) groups excluding carboxylic acids is 1. The van der Waals surface area contributed by atoms with Gasteiger partial charge in [-0.2, -0.15) is 0 Å². The van der Waals surface area contributed by atoms with Crippen molar-refractivity contribution in [3.63, 3.8) is 0 Å². The lowest BCUT2D eigenvalue weighted by Crippen LogP contribution is -2.39. The van der Waals surface area contributed by atoms with Crippen LogP contribution in [0.15, 0.2) is 37.0 Å². The van der Waals surface area contributed by atoms with Crippen molar-refractivity contribution in [2.75, 3.05) is 0 Å². The third-order valence-corrected chi connectivity index (χ3v) is 2.24. The molecule has 0 aliphatic carbocycles. The van der Waals surface area contributed by atoms with Crippen molar-refractivity contribution in [2.24, 2.45) is 0 Å². The second-order valence-corrected chi connectivity index (χ2v) is 3.73. The Hall–Kier alpha value is -1.51. The van der Waals surface area contributed by atoms with E-state index in [-0.39, 0.29) is 5.91 Å². The number of amides is 1. The van der Waals surface area contributed by atoms with E-state index in [1.54, 1.807) is 23.4 Å². The predicted molar refractivity (Wildman–Crippen MR) is 61.5 cm³/mol. The predicted octanol–water partition coefficient (Wildman–Crippen LogP) is 2.45. The maximum Gasteiger partial charge on any atom is 0.257 e. The van der Waals surface area contributed by atoms with Crippen LogP contribution in [0.5, 0.6) is 0 Å². The van der Waals surface area contributed by atoms with E-state index in [9.17, 15) is 4.79 Å². The monoisotopic (exact) mass is 206 g/mol. The van der Waals surface area contributed by atoms with Gasteiger partial charge in [0.25, 0.3) is 5.91 Å². The molecule has 1 aliphatic heterocycles. The Morgan fingerprint density at radius 1 is 1.53 bits per heavy atom. The van der Waals surface area contributed by atoms with Gasteiger partial charge < -0.3 is 4.90 Å². The maximum absolute atomic E-state index is 11.6. The number of nitrogens with zero attached hydrogens (tertiary/aromatic N) is 2. The summed E-state index contributed by atoms with van der Waals surface area (Å²) in [5.74, 6) is 0.670. The molecule has 1 aliphatic rings. The highest BCUT2D eigenvalue weighted by atomic mass is 16.2. The molecule has 1 amide bonds.